The first-order chi connectivity index (χ1) is 14.1. The summed E-state index contributed by atoms with van der Waals surface area (Å²) in [6.45, 7) is 1.19. The van der Waals surface area contributed by atoms with E-state index in [9.17, 15) is 14.0 Å². The predicted octanol–water partition coefficient (Wildman–Crippen LogP) is 3.65. The number of carbonyl (C=O) groups excluding carboxylic acids is 2. The third-order valence-corrected chi connectivity index (χ3v) is 5.65. The number of halogens is 1. The second-order valence-electron chi connectivity index (χ2n) is 7.74. The summed E-state index contributed by atoms with van der Waals surface area (Å²) >= 11 is 0. The third-order valence-electron chi connectivity index (χ3n) is 5.65. The van der Waals surface area contributed by atoms with Crippen molar-refractivity contribution in [3.05, 3.63) is 71.5 Å². The maximum Gasteiger partial charge on any atom is 0.223 e. The third kappa shape index (κ3) is 6.70. The van der Waals surface area contributed by atoms with Gasteiger partial charge in [-0.1, -0.05) is 42.5 Å². The lowest BCUT2D eigenvalue weighted by atomic mass is 9.81. The van der Waals surface area contributed by atoms with Crippen molar-refractivity contribution in [2.24, 2.45) is 11.8 Å². The number of hydrogen-bond donors (Lipinski definition) is 2. The van der Waals surface area contributed by atoms with Crippen LogP contribution in [-0.2, 0) is 22.4 Å². The van der Waals surface area contributed by atoms with E-state index < -0.39 is 0 Å². The molecule has 4 nitrogen and oxygen atoms in total. The summed E-state index contributed by atoms with van der Waals surface area (Å²) in [6.07, 6.45) is 4.53. The smallest absolute Gasteiger partial charge is 0.223 e. The maximum absolute atomic E-state index is 12.9. The molecule has 0 atom stereocenters. The van der Waals surface area contributed by atoms with Gasteiger partial charge in [-0.15, -0.1) is 0 Å². The Morgan fingerprint density at radius 1 is 0.724 bits per heavy atom. The Bertz CT molecular complexity index is 784. The van der Waals surface area contributed by atoms with E-state index in [-0.39, 0.29) is 29.5 Å². The van der Waals surface area contributed by atoms with Crippen molar-refractivity contribution in [2.45, 2.75) is 38.5 Å². The first-order valence-corrected chi connectivity index (χ1v) is 10.5. The van der Waals surface area contributed by atoms with Gasteiger partial charge in [0.05, 0.1) is 0 Å². The fourth-order valence-electron chi connectivity index (χ4n) is 3.86. The zero-order chi connectivity index (χ0) is 20.5. The molecule has 0 spiro atoms. The number of carbonyl (C=O) groups is 2. The molecular formula is C24H29FN2O2. The van der Waals surface area contributed by atoms with Crippen LogP contribution >= 0.6 is 0 Å². The molecule has 0 aliphatic heterocycles. The monoisotopic (exact) mass is 396 g/mol. The fourth-order valence-corrected chi connectivity index (χ4v) is 3.86. The molecule has 0 radical (unpaired) electrons. The van der Waals surface area contributed by atoms with Gasteiger partial charge in [-0.2, -0.15) is 0 Å². The van der Waals surface area contributed by atoms with E-state index in [2.05, 4.69) is 22.8 Å². The van der Waals surface area contributed by atoms with Crippen LogP contribution in [0.5, 0.6) is 0 Å². The highest BCUT2D eigenvalue weighted by molar-refractivity contribution is 5.81. The molecule has 2 aromatic carbocycles. The number of nitrogens with one attached hydrogen (secondary N) is 2. The van der Waals surface area contributed by atoms with Gasteiger partial charge in [0, 0.05) is 24.9 Å². The van der Waals surface area contributed by atoms with E-state index in [1.54, 1.807) is 12.1 Å². The number of hydrogen-bond acceptors (Lipinski definition) is 2. The van der Waals surface area contributed by atoms with Crippen molar-refractivity contribution < 1.29 is 14.0 Å². The quantitative estimate of drug-likeness (QED) is 0.716. The predicted molar refractivity (Wildman–Crippen MR) is 112 cm³/mol. The number of amides is 2. The number of benzene rings is 2. The molecule has 2 N–H and O–H groups in total. The second-order valence-corrected chi connectivity index (χ2v) is 7.74. The Balaban J connectivity index is 1.32. The Morgan fingerprint density at radius 2 is 1.17 bits per heavy atom. The summed E-state index contributed by atoms with van der Waals surface area (Å²) in [5.41, 5.74) is 2.22. The van der Waals surface area contributed by atoms with Gasteiger partial charge in [0.1, 0.15) is 5.82 Å². The van der Waals surface area contributed by atoms with E-state index in [1.165, 1.54) is 17.7 Å². The van der Waals surface area contributed by atoms with Gasteiger partial charge in [-0.05, 0) is 61.8 Å². The molecule has 154 valence electrons. The van der Waals surface area contributed by atoms with Gasteiger partial charge in [-0.3, -0.25) is 9.59 Å². The summed E-state index contributed by atoms with van der Waals surface area (Å²) in [7, 11) is 0. The standard InChI is InChI=1S/C24H29FN2O2/c25-22-12-6-19(7-13-22)15-17-27-24(29)21-10-8-20(9-11-21)23(28)26-16-14-18-4-2-1-3-5-18/h1-7,12-13,20-21H,8-11,14-17H2,(H,26,28)(H,27,29). The average molecular weight is 397 g/mol. The number of rotatable bonds is 8. The highest BCUT2D eigenvalue weighted by Gasteiger charge is 2.29. The largest absolute Gasteiger partial charge is 0.356 e. The van der Waals surface area contributed by atoms with Crippen LogP contribution < -0.4 is 10.6 Å². The SMILES string of the molecule is O=C(NCCc1ccccc1)C1CCC(C(=O)NCCc2ccc(F)cc2)CC1. The van der Waals surface area contributed by atoms with Crippen molar-refractivity contribution >= 4 is 11.8 Å². The minimum absolute atomic E-state index is 0.00837. The van der Waals surface area contributed by atoms with Crippen LogP contribution in [0.25, 0.3) is 0 Å². The summed E-state index contributed by atoms with van der Waals surface area (Å²) in [5.74, 6) is -0.0876. The van der Waals surface area contributed by atoms with Gasteiger partial charge in [-0.25, -0.2) is 4.39 Å². The molecule has 0 heterocycles. The van der Waals surface area contributed by atoms with Crippen molar-refractivity contribution in [3.8, 4) is 0 Å². The lowest BCUT2D eigenvalue weighted by molar-refractivity contribution is -0.130. The normalized spacial score (nSPS) is 18.8. The molecule has 0 bridgehead atoms. The minimum atomic E-state index is -0.251. The highest BCUT2D eigenvalue weighted by Crippen LogP contribution is 2.29. The van der Waals surface area contributed by atoms with Crippen LogP contribution in [0.3, 0.4) is 0 Å². The van der Waals surface area contributed by atoms with Crippen LogP contribution in [0, 0.1) is 17.7 Å². The van der Waals surface area contributed by atoms with Crippen LogP contribution in [0.2, 0.25) is 0 Å². The lowest BCUT2D eigenvalue weighted by Crippen LogP contribution is -2.38. The Labute approximate surface area is 171 Å². The molecule has 1 saturated carbocycles. The summed E-state index contributed by atoms with van der Waals surface area (Å²) in [5, 5.41) is 6.01. The maximum atomic E-state index is 12.9. The van der Waals surface area contributed by atoms with E-state index in [1.807, 2.05) is 18.2 Å². The van der Waals surface area contributed by atoms with Gasteiger partial charge in [0.25, 0.3) is 0 Å². The van der Waals surface area contributed by atoms with E-state index in [4.69, 9.17) is 0 Å². The van der Waals surface area contributed by atoms with E-state index in [0.29, 0.717) is 19.5 Å². The van der Waals surface area contributed by atoms with Crippen LogP contribution in [0.15, 0.2) is 54.6 Å². The molecule has 2 aromatic rings. The van der Waals surface area contributed by atoms with Gasteiger partial charge < -0.3 is 10.6 Å². The Morgan fingerprint density at radius 3 is 1.66 bits per heavy atom. The zero-order valence-electron chi connectivity index (χ0n) is 16.7. The Hall–Kier alpha value is -2.69. The van der Waals surface area contributed by atoms with E-state index in [0.717, 1.165) is 37.7 Å². The summed E-state index contributed by atoms with van der Waals surface area (Å²) < 4.78 is 12.9. The second kappa shape index (κ2) is 10.7. The highest BCUT2D eigenvalue weighted by atomic mass is 19.1. The van der Waals surface area contributed by atoms with Crippen molar-refractivity contribution in [1.82, 2.24) is 10.6 Å². The van der Waals surface area contributed by atoms with Crippen molar-refractivity contribution in [2.75, 3.05) is 13.1 Å². The van der Waals surface area contributed by atoms with Crippen molar-refractivity contribution in [1.29, 1.82) is 0 Å². The molecule has 0 saturated heterocycles. The van der Waals surface area contributed by atoms with Crippen molar-refractivity contribution in [3.63, 3.8) is 0 Å². The average Bonchev–Trinajstić information content (AvgIpc) is 2.76. The molecule has 29 heavy (non-hydrogen) atoms. The molecular weight excluding hydrogens is 367 g/mol. The summed E-state index contributed by atoms with van der Waals surface area (Å²) in [6, 6.07) is 16.5. The van der Waals surface area contributed by atoms with Gasteiger partial charge in [0.15, 0.2) is 0 Å². The van der Waals surface area contributed by atoms with Gasteiger partial charge in [0.2, 0.25) is 11.8 Å². The van der Waals surface area contributed by atoms with Gasteiger partial charge >= 0.3 is 0 Å². The molecule has 0 aromatic heterocycles. The van der Waals surface area contributed by atoms with Crippen LogP contribution in [0.4, 0.5) is 4.39 Å². The first kappa shape index (κ1) is 21.0. The summed E-state index contributed by atoms with van der Waals surface area (Å²) in [4.78, 5) is 24.8. The lowest BCUT2D eigenvalue weighted by Gasteiger charge is -2.27. The topological polar surface area (TPSA) is 58.2 Å². The first-order valence-electron chi connectivity index (χ1n) is 10.5. The molecule has 1 fully saturated rings. The molecule has 0 unspecified atom stereocenters. The molecule has 1 aliphatic carbocycles. The Kier molecular flexibility index (Phi) is 7.79. The molecule has 3 rings (SSSR count). The zero-order valence-corrected chi connectivity index (χ0v) is 16.7. The van der Waals surface area contributed by atoms with Crippen LogP contribution in [0.1, 0.15) is 36.8 Å². The van der Waals surface area contributed by atoms with Crippen LogP contribution in [-0.4, -0.2) is 24.9 Å². The molecule has 1 aliphatic rings. The minimum Gasteiger partial charge on any atom is -0.356 e. The molecule has 5 heteroatoms. The fraction of sp³-hybridized carbons (Fsp3) is 0.417. The van der Waals surface area contributed by atoms with E-state index >= 15 is 0 Å². The molecule has 2 amide bonds.